The molecule has 3 N–H and O–H groups in total. The van der Waals surface area contributed by atoms with Crippen molar-refractivity contribution in [2.24, 2.45) is 5.41 Å². The second kappa shape index (κ2) is 9.54. The van der Waals surface area contributed by atoms with E-state index in [1.54, 1.807) is 25.2 Å². The topological polar surface area (TPSA) is 91.3 Å². The molecule has 3 aromatic rings. The van der Waals surface area contributed by atoms with Crippen molar-refractivity contribution in [2.75, 3.05) is 5.32 Å². The Labute approximate surface area is 180 Å². The zero-order valence-corrected chi connectivity index (χ0v) is 17.8. The van der Waals surface area contributed by atoms with Crippen molar-refractivity contribution >= 4 is 29.0 Å². The zero-order valence-electron chi connectivity index (χ0n) is 17.0. The van der Waals surface area contributed by atoms with Crippen LogP contribution in [-0.2, 0) is 17.8 Å². The number of anilines is 1. The van der Waals surface area contributed by atoms with Crippen LogP contribution in [0.3, 0.4) is 0 Å². The molecule has 2 amide bonds. The quantitative estimate of drug-likeness (QED) is 0.466. The van der Waals surface area contributed by atoms with Crippen molar-refractivity contribution in [1.82, 2.24) is 10.3 Å². The van der Waals surface area contributed by atoms with Crippen LogP contribution in [0, 0.1) is 5.41 Å². The van der Waals surface area contributed by atoms with E-state index in [1.807, 2.05) is 60.8 Å². The minimum Gasteiger partial charge on any atom is -0.481 e. The number of aliphatic carboxylic acids is 1. The number of thiazole rings is 1. The smallest absolute Gasteiger partial charge is 0.319 e. The first-order valence-electron chi connectivity index (χ1n) is 9.71. The van der Waals surface area contributed by atoms with Gasteiger partial charge in [0.2, 0.25) is 0 Å². The van der Waals surface area contributed by atoms with Crippen molar-refractivity contribution in [3.8, 4) is 10.4 Å². The lowest BCUT2D eigenvalue weighted by Gasteiger charge is -2.17. The molecule has 0 aliphatic carbocycles. The number of carbonyl (C=O) groups excluding carboxylic acids is 1. The van der Waals surface area contributed by atoms with Crippen LogP contribution >= 0.6 is 11.3 Å². The molecule has 1 aromatic heterocycles. The van der Waals surface area contributed by atoms with Crippen LogP contribution in [0.15, 0.2) is 60.8 Å². The highest BCUT2D eigenvalue weighted by Gasteiger charge is 2.27. The molecule has 6 nitrogen and oxygen atoms in total. The van der Waals surface area contributed by atoms with E-state index < -0.39 is 11.4 Å². The lowest BCUT2D eigenvalue weighted by Crippen LogP contribution is -2.28. The second-order valence-corrected chi connectivity index (χ2v) is 8.79. The maximum absolute atomic E-state index is 12.1. The van der Waals surface area contributed by atoms with E-state index in [1.165, 1.54) is 0 Å². The number of urea groups is 1. The molecular weight excluding hydrogens is 398 g/mol. The SMILES string of the molecule is CC(C)(CCc1ncc(-c2ccc(NC(=O)NCc3ccccc3)cc2)s1)C(=O)O. The Morgan fingerprint density at radius 2 is 1.77 bits per heavy atom. The number of carboxylic acids is 1. The first kappa shape index (κ1) is 21.5. The highest BCUT2D eigenvalue weighted by molar-refractivity contribution is 7.15. The van der Waals surface area contributed by atoms with E-state index in [-0.39, 0.29) is 6.03 Å². The summed E-state index contributed by atoms with van der Waals surface area (Å²) in [6.45, 7) is 3.92. The molecule has 0 fully saturated rings. The number of hydrogen-bond acceptors (Lipinski definition) is 4. The molecule has 0 spiro atoms. The van der Waals surface area contributed by atoms with Gasteiger partial charge in [0.15, 0.2) is 0 Å². The van der Waals surface area contributed by atoms with Gasteiger partial charge in [0.25, 0.3) is 0 Å². The molecule has 0 saturated carbocycles. The Hall–Kier alpha value is -3.19. The molecule has 156 valence electrons. The van der Waals surface area contributed by atoms with E-state index in [0.29, 0.717) is 25.1 Å². The number of benzene rings is 2. The summed E-state index contributed by atoms with van der Waals surface area (Å²) in [6.07, 6.45) is 2.98. The van der Waals surface area contributed by atoms with Crippen LogP contribution in [0.25, 0.3) is 10.4 Å². The standard InChI is InChI=1S/C23H25N3O3S/c1-23(2,21(27)28)13-12-20-24-15-19(30-20)17-8-10-18(11-9-17)26-22(29)25-14-16-6-4-3-5-7-16/h3-11,15H,12-14H2,1-2H3,(H,27,28)(H2,25,26,29). The summed E-state index contributed by atoms with van der Waals surface area (Å²) in [6, 6.07) is 17.0. The molecule has 0 unspecified atom stereocenters. The molecule has 30 heavy (non-hydrogen) atoms. The molecule has 0 radical (unpaired) electrons. The molecule has 0 saturated heterocycles. The summed E-state index contributed by atoms with van der Waals surface area (Å²) in [5.74, 6) is -0.796. The van der Waals surface area contributed by atoms with E-state index in [2.05, 4.69) is 15.6 Å². The maximum Gasteiger partial charge on any atom is 0.319 e. The summed E-state index contributed by atoms with van der Waals surface area (Å²) >= 11 is 1.56. The minimum absolute atomic E-state index is 0.257. The van der Waals surface area contributed by atoms with Gasteiger partial charge in [0.1, 0.15) is 0 Å². The van der Waals surface area contributed by atoms with Gasteiger partial charge < -0.3 is 15.7 Å². The largest absolute Gasteiger partial charge is 0.481 e. The Morgan fingerprint density at radius 3 is 2.43 bits per heavy atom. The number of aromatic nitrogens is 1. The van der Waals surface area contributed by atoms with Crippen LogP contribution in [0.5, 0.6) is 0 Å². The highest BCUT2D eigenvalue weighted by Crippen LogP contribution is 2.30. The van der Waals surface area contributed by atoms with Gasteiger partial charge >= 0.3 is 12.0 Å². The number of nitrogens with zero attached hydrogens (tertiary/aromatic N) is 1. The van der Waals surface area contributed by atoms with Crippen molar-refractivity contribution in [3.05, 3.63) is 71.4 Å². The lowest BCUT2D eigenvalue weighted by atomic mass is 9.88. The molecule has 0 atom stereocenters. The summed E-state index contributed by atoms with van der Waals surface area (Å²) in [4.78, 5) is 28.7. The van der Waals surface area contributed by atoms with Crippen molar-refractivity contribution in [1.29, 1.82) is 0 Å². The van der Waals surface area contributed by atoms with Gasteiger partial charge in [-0.2, -0.15) is 0 Å². The maximum atomic E-state index is 12.1. The molecular formula is C23H25N3O3S. The average Bonchev–Trinajstić information content (AvgIpc) is 3.21. The predicted molar refractivity (Wildman–Crippen MR) is 120 cm³/mol. The molecule has 0 bridgehead atoms. The first-order valence-corrected chi connectivity index (χ1v) is 10.5. The number of aryl methyl sites for hydroxylation is 1. The average molecular weight is 424 g/mol. The zero-order chi connectivity index (χ0) is 21.6. The van der Waals surface area contributed by atoms with E-state index in [9.17, 15) is 14.7 Å². The fraction of sp³-hybridized carbons (Fsp3) is 0.261. The number of carbonyl (C=O) groups is 2. The fourth-order valence-corrected chi connectivity index (χ4v) is 3.68. The molecule has 0 aliphatic rings. The summed E-state index contributed by atoms with van der Waals surface area (Å²) in [5.41, 5.74) is 1.99. The molecule has 0 aliphatic heterocycles. The third-order valence-corrected chi connectivity index (χ3v) is 5.93. The first-order chi connectivity index (χ1) is 14.3. The van der Waals surface area contributed by atoms with Crippen LogP contribution in [0.4, 0.5) is 10.5 Å². The number of nitrogens with one attached hydrogen (secondary N) is 2. The van der Waals surface area contributed by atoms with Gasteiger partial charge in [-0.3, -0.25) is 4.79 Å². The third kappa shape index (κ3) is 5.90. The highest BCUT2D eigenvalue weighted by atomic mass is 32.1. The van der Waals surface area contributed by atoms with Crippen molar-refractivity contribution in [2.45, 2.75) is 33.2 Å². The molecule has 7 heteroatoms. The van der Waals surface area contributed by atoms with Gasteiger partial charge in [0, 0.05) is 24.8 Å². The molecule has 3 rings (SSSR count). The van der Waals surface area contributed by atoms with Gasteiger partial charge in [0.05, 0.1) is 15.3 Å². The predicted octanol–water partition coefficient (Wildman–Crippen LogP) is 5.18. The van der Waals surface area contributed by atoms with Crippen molar-refractivity contribution in [3.63, 3.8) is 0 Å². The summed E-state index contributed by atoms with van der Waals surface area (Å²) in [5, 5.41) is 15.8. The van der Waals surface area contributed by atoms with Gasteiger partial charge in [-0.05, 0) is 43.5 Å². The van der Waals surface area contributed by atoms with Crippen LogP contribution < -0.4 is 10.6 Å². The second-order valence-electron chi connectivity index (χ2n) is 7.68. The Morgan fingerprint density at radius 1 is 1.07 bits per heavy atom. The van der Waals surface area contributed by atoms with Crippen LogP contribution in [0.1, 0.15) is 30.8 Å². The summed E-state index contributed by atoms with van der Waals surface area (Å²) in [7, 11) is 0. The van der Waals surface area contributed by atoms with Gasteiger partial charge in [-0.25, -0.2) is 9.78 Å². The Balaban J connectivity index is 1.53. The van der Waals surface area contributed by atoms with E-state index in [0.717, 1.165) is 21.0 Å². The minimum atomic E-state index is -0.796. The molecule has 1 heterocycles. The third-order valence-electron chi connectivity index (χ3n) is 4.82. The fourth-order valence-electron chi connectivity index (χ4n) is 2.76. The van der Waals surface area contributed by atoms with Gasteiger partial charge in [-0.15, -0.1) is 11.3 Å². The Bertz CT molecular complexity index is 998. The summed E-state index contributed by atoms with van der Waals surface area (Å²) < 4.78 is 0. The van der Waals surface area contributed by atoms with Gasteiger partial charge in [-0.1, -0.05) is 42.5 Å². The van der Waals surface area contributed by atoms with Crippen molar-refractivity contribution < 1.29 is 14.7 Å². The molecule has 2 aromatic carbocycles. The number of hydrogen-bond donors (Lipinski definition) is 3. The van der Waals surface area contributed by atoms with Crippen LogP contribution in [-0.4, -0.2) is 22.1 Å². The van der Waals surface area contributed by atoms with E-state index in [4.69, 9.17) is 0 Å². The lowest BCUT2D eigenvalue weighted by molar-refractivity contribution is -0.147. The van der Waals surface area contributed by atoms with Crippen LogP contribution in [0.2, 0.25) is 0 Å². The number of carboxylic acid groups (broad SMARTS) is 1. The normalized spacial score (nSPS) is 11.1. The van der Waals surface area contributed by atoms with E-state index >= 15 is 0 Å². The Kier molecular flexibility index (Phi) is 6.84. The monoisotopic (exact) mass is 423 g/mol. The number of rotatable bonds is 8. The number of amides is 2.